The Hall–Kier alpha value is -1.20. The standard InChI is InChI=1S/C8H10FNO3/c9-8-2-1-7(3-10-8)13-5-6(12)4-11/h1-3,6,11-12H,4-5H2. The van der Waals surface area contributed by atoms with Crippen LogP contribution in [0.1, 0.15) is 0 Å². The van der Waals surface area contributed by atoms with Gasteiger partial charge in [-0.2, -0.15) is 4.39 Å². The summed E-state index contributed by atoms with van der Waals surface area (Å²) >= 11 is 0. The molecule has 0 fully saturated rings. The number of hydrogen-bond acceptors (Lipinski definition) is 4. The van der Waals surface area contributed by atoms with E-state index in [9.17, 15) is 4.39 Å². The minimum absolute atomic E-state index is 0.0379. The fourth-order valence-corrected chi connectivity index (χ4v) is 0.693. The van der Waals surface area contributed by atoms with Gasteiger partial charge in [0.2, 0.25) is 5.95 Å². The van der Waals surface area contributed by atoms with Crippen molar-refractivity contribution in [2.24, 2.45) is 0 Å². The SMILES string of the molecule is OCC(O)COc1ccc(F)nc1. The molecule has 0 aromatic carbocycles. The lowest BCUT2D eigenvalue weighted by Gasteiger charge is -2.08. The van der Waals surface area contributed by atoms with E-state index in [-0.39, 0.29) is 13.2 Å². The molecule has 4 nitrogen and oxygen atoms in total. The van der Waals surface area contributed by atoms with Crippen molar-refractivity contribution in [3.8, 4) is 5.75 Å². The highest BCUT2D eigenvalue weighted by molar-refractivity contribution is 5.16. The van der Waals surface area contributed by atoms with Crippen molar-refractivity contribution in [2.75, 3.05) is 13.2 Å². The molecule has 1 atom stereocenters. The summed E-state index contributed by atoms with van der Waals surface area (Å²) in [7, 11) is 0. The number of aliphatic hydroxyl groups excluding tert-OH is 2. The number of aliphatic hydroxyl groups is 2. The largest absolute Gasteiger partial charge is 0.489 e. The Morgan fingerprint density at radius 2 is 2.31 bits per heavy atom. The highest BCUT2D eigenvalue weighted by Gasteiger charge is 2.02. The third kappa shape index (κ3) is 3.35. The number of ether oxygens (including phenoxy) is 1. The monoisotopic (exact) mass is 187 g/mol. The molecule has 0 aliphatic carbocycles. The van der Waals surface area contributed by atoms with E-state index >= 15 is 0 Å². The number of rotatable bonds is 4. The second-order valence-corrected chi connectivity index (χ2v) is 2.46. The topological polar surface area (TPSA) is 62.6 Å². The molecule has 1 rings (SSSR count). The van der Waals surface area contributed by atoms with Gasteiger partial charge in [0.15, 0.2) is 0 Å². The van der Waals surface area contributed by atoms with Gasteiger partial charge in [-0.25, -0.2) is 4.98 Å². The quantitative estimate of drug-likeness (QED) is 0.649. The van der Waals surface area contributed by atoms with Crippen molar-refractivity contribution in [3.63, 3.8) is 0 Å². The lowest BCUT2D eigenvalue weighted by atomic mass is 10.4. The fourth-order valence-electron chi connectivity index (χ4n) is 0.693. The van der Waals surface area contributed by atoms with Crippen molar-refractivity contribution in [3.05, 3.63) is 24.3 Å². The van der Waals surface area contributed by atoms with E-state index in [4.69, 9.17) is 14.9 Å². The van der Waals surface area contributed by atoms with E-state index in [1.54, 1.807) is 0 Å². The minimum Gasteiger partial charge on any atom is -0.489 e. The zero-order valence-corrected chi connectivity index (χ0v) is 6.85. The summed E-state index contributed by atoms with van der Waals surface area (Å²) in [5.74, 6) is -0.232. The molecule has 0 amide bonds. The molecule has 0 bridgehead atoms. The van der Waals surface area contributed by atoms with Crippen LogP contribution in [0.2, 0.25) is 0 Å². The van der Waals surface area contributed by atoms with Crippen molar-refractivity contribution in [1.29, 1.82) is 0 Å². The molecule has 0 spiro atoms. The Balaban J connectivity index is 2.41. The van der Waals surface area contributed by atoms with E-state index in [0.717, 1.165) is 6.07 Å². The Morgan fingerprint density at radius 3 is 2.85 bits per heavy atom. The third-order valence-electron chi connectivity index (χ3n) is 1.35. The average molecular weight is 187 g/mol. The average Bonchev–Trinajstić information content (AvgIpc) is 2.16. The van der Waals surface area contributed by atoms with E-state index in [1.807, 2.05) is 0 Å². The molecule has 1 aromatic rings. The number of aromatic nitrogens is 1. The number of nitrogens with zero attached hydrogens (tertiary/aromatic N) is 1. The van der Waals surface area contributed by atoms with Crippen molar-refractivity contribution >= 4 is 0 Å². The molecular formula is C8H10FNO3. The zero-order valence-electron chi connectivity index (χ0n) is 6.85. The van der Waals surface area contributed by atoms with E-state index in [0.29, 0.717) is 5.75 Å². The van der Waals surface area contributed by atoms with Crippen LogP contribution >= 0.6 is 0 Å². The lowest BCUT2D eigenvalue weighted by Crippen LogP contribution is -2.21. The molecule has 0 aliphatic heterocycles. The van der Waals surface area contributed by atoms with Crippen LogP contribution in [-0.4, -0.2) is 34.5 Å². The fraction of sp³-hybridized carbons (Fsp3) is 0.375. The smallest absolute Gasteiger partial charge is 0.213 e. The maximum absolute atomic E-state index is 12.3. The first-order valence-corrected chi connectivity index (χ1v) is 3.75. The molecule has 72 valence electrons. The summed E-state index contributed by atoms with van der Waals surface area (Å²) in [6, 6.07) is 2.55. The second-order valence-electron chi connectivity index (χ2n) is 2.46. The number of pyridine rings is 1. The molecular weight excluding hydrogens is 177 g/mol. The van der Waals surface area contributed by atoms with Gasteiger partial charge in [0.05, 0.1) is 12.8 Å². The van der Waals surface area contributed by atoms with Crippen LogP contribution in [0.4, 0.5) is 4.39 Å². The van der Waals surface area contributed by atoms with Crippen molar-refractivity contribution in [1.82, 2.24) is 4.98 Å². The van der Waals surface area contributed by atoms with E-state index in [1.165, 1.54) is 12.3 Å². The van der Waals surface area contributed by atoms with Gasteiger partial charge in [0.1, 0.15) is 18.5 Å². The Labute approximate surface area is 74.6 Å². The molecule has 0 saturated carbocycles. The summed E-state index contributed by atoms with van der Waals surface area (Å²) in [5.41, 5.74) is 0. The van der Waals surface area contributed by atoms with Crippen molar-refractivity contribution in [2.45, 2.75) is 6.10 Å². The van der Waals surface area contributed by atoms with Crippen molar-refractivity contribution < 1.29 is 19.3 Å². The second kappa shape index (κ2) is 4.74. The molecule has 0 saturated heterocycles. The van der Waals surface area contributed by atoms with Gasteiger partial charge in [0.25, 0.3) is 0 Å². The van der Waals surface area contributed by atoms with Crippen LogP contribution in [0, 0.1) is 5.95 Å². The minimum atomic E-state index is -0.926. The van der Waals surface area contributed by atoms with Gasteiger partial charge in [-0.15, -0.1) is 0 Å². The first-order chi connectivity index (χ1) is 6.22. The van der Waals surface area contributed by atoms with Gasteiger partial charge >= 0.3 is 0 Å². The van der Waals surface area contributed by atoms with Crippen LogP contribution in [0.5, 0.6) is 5.75 Å². The maximum atomic E-state index is 12.3. The van der Waals surface area contributed by atoms with Crippen LogP contribution in [0.15, 0.2) is 18.3 Å². The highest BCUT2D eigenvalue weighted by atomic mass is 19.1. The molecule has 2 N–H and O–H groups in total. The molecule has 13 heavy (non-hydrogen) atoms. The summed E-state index contributed by atoms with van der Waals surface area (Å²) in [6.45, 7) is -0.404. The summed E-state index contributed by atoms with van der Waals surface area (Å²) in [4.78, 5) is 3.35. The Bertz CT molecular complexity index is 252. The van der Waals surface area contributed by atoms with Crippen LogP contribution in [0.25, 0.3) is 0 Å². The van der Waals surface area contributed by atoms with Gasteiger partial charge in [0, 0.05) is 0 Å². The maximum Gasteiger partial charge on any atom is 0.213 e. The highest BCUT2D eigenvalue weighted by Crippen LogP contribution is 2.08. The van der Waals surface area contributed by atoms with Gasteiger partial charge < -0.3 is 14.9 Å². The molecule has 0 aliphatic rings. The molecule has 1 aromatic heterocycles. The Kier molecular flexibility index (Phi) is 3.60. The predicted octanol–water partition coefficient (Wildman–Crippen LogP) is -0.0473. The van der Waals surface area contributed by atoms with Gasteiger partial charge in [-0.3, -0.25) is 0 Å². The first kappa shape index (κ1) is 9.88. The summed E-state index contributed by atoms with van der Waals surface area (Å²) < 4.78 is 17.3. The zero-order chi connectivity index (χ0) is 9.68. The Morgan fingerprint density at radius 1 is 1.54 bits per heavy atom. The van der Waals surface area contributed by atoms with E-state index in [2.05, 4.69) is 4.98 Å². The van der Waals surface area contributed by atoms with Gasteiger partial charge in [-0.1, -0.05) is 0 Å². The summed E-state index contributed by atoms with van der Waals surface area (Å²) in [5, 5.41) is 17.4. The lowest BCUT2D eigenvalue weighted by molar-refractivity contribution is 0.0534. The van der Waals surface area contributed by atoms with Crippen LogP contribution in [-0.2, 0) is 0 Å². The first-order valence-electron chi connectivity index (χ1n) is 3.75. The summed E-state index contributed by atoms with van der Waals surface area (Å²) in [6.07, 6.45) is 0.282. The molecule has 0 radical (unpaired) electrons. The third-order valence-corrected chi connectivity index (χ3v) is 1.35. The predicted molar refractivity (Wildman–Crippen MR) is 42.8 cm³/mol. The van der Waals surface area contributed by atoms with Crippen LogP contribution in [0.3, 0.4) is 0 Å². The number of hydrogen-bond donors (Lipinski definition) is 2. The number of halogens is 1. The van der Waals surface area contributed by atoms with E-state index < -0.39 is 12.1 Å². The molecule has 5 heteroatoms. The normalized spacial score (nSPS) is 12.5. The molecule has 1 unspecified atom stereocenters. The molecule has 1 heterocycles. The van der Waals surface area contributed by atoms with Gasteiger partial charge in [-0.05, 0) is 12.1 Å². The van der Waals surface area contributed by atoms with Crippen LogP contribution < -0.4 is 4.74 Å².